The number of hydrogen-bond donors (Lipinski definition) is 1. The predicted molar refractivity (Wildman–Crippen MR) is 131 cm³/mol. The van der Waals surface area contributed by atoms with Crippen molar-refractivity contribution in [1.82, 2.24) is 0 Å². The van der Waals surface area contributed by atoms with Gasteiger partial charge in [0.2, 0.25) is 0 Å². The van der Waals surface area contributed by atoms with Gasteiger partial charge in [-0.3, -0.25) is 4.90 Å². The van der Waals surface area contributed by atoms with Crippen molar-refractivity contribution in [2.75, 3.05) is 25.7 Å². The Balaban J connectivity index is 2.50. The molecule has 0 aliphatic carbocycles. The van der Waals surface area contributed by atoms with Crippen LogP contribution in [0.1, 0.15) is 22.3 Å². The van der Waals surface area contributed by atoms with Crippen LogP contribution >= 0.6 is 0 Å². The normalized spacial score (nSPS) is 11.6. The van der Waals surface area contributed by atoms with Crippen molar-refractivity contribution < 1.29 is 24.1 Å². The summed E-state index contributed by atoms with van der Waals surface area (Å²) in [6.45, 7) is 11.2. The molecule has 7 heteroatoms. The van der Waals surface area contributed by atoms with Gasteiger partial charge in [-0.2, -0.15) is 0 Å². The summed E-state index contributed by atoms with van der Waals surface area (Å²) in [5.41, 5.74) is 3.82. The van der Waals surface area contributed by atoms with Crippen LogP contribution < -0.4 is 4.90 Å². The van der Waals surface area contributed by atoms with E-state index >= 15 is 0 Å². The zero-order valence-electron chi connectivity index (χ0n) is 20.4. The molecule has 1 N–H and O–H groups in total. The van der Waals surface area contributed by atoms with Crippen molar-refractivity contribution in [3.05, 3.63) is 58.7 Å². The number of aromatic hydroxyl groups is 1. The molecule has 0 aromatic heterocycles. The number of phenols is 1. The number of ether oxygens (including phenoxy) is 3. The van der Waals surface area contributed by atoms with Gasteiger partial charge in [-0.05, 0) is 42.6 Å². The molecule has 0 aliphatic rings. The molecule has 1 amide bonds. The Morgan fingerprint density at radius 1 is 1.09 bits per heavy atom. The number of anilines is 1. The SMILES string of the molecule is COC(Cc1c(N(Cc2ccccc2)C(=O)OCC[Si](C)(C)C)cc(C)c(C)c1O)OC. The van der Waals surface area contributed by atoms with Crippen molar-refractivity contribution in [2.24, 2.45) is 0 Å². The Hall–Kier alpha value is -2.35. The largest absolute Gasteiger partial charge is 0.507 e. The van der Waals surface area contributed by atoms with Crippen molar-refractivity contribution in [2.45, 2.75) is 58.8 Å². The summed E-state index contributed by atoms with van der Waals surface area (Å²) < 4.78 is 16.5. The van der Waals surface area contributed by atoms with E-state index < -0.39 is 20.5 Å². The maximum atomic E-state index is 13.3. The van der Waals surface area contributed by atoms with Gasteiger partial charge in [0, 0.05) is 34.3 Å². The topological polar surface area (TPSA) is 68.2 Å². The number of phenolic OH excluding ortho intramolecular Hbond substituents is 1. The number of nitrogens with zero attached hydrogens (tertiary/aromatic N) is 1. The Kier molecular flexibility index (Phi) is 9.30. The van der Waals surface area contributed by atoms with E-state index in [0.717, 1.165) is 22.7 Å². The minimum absolute atomic E-state index is 0.145. The molecule has 6 nitrogen and oxygen atoms in total. The first-order chi connectivity index (χ1) is 15.1. The Bertz CT molecular complexity index is 891. The van der Waals surface area contributed by atoms with E-state index in [4.69, 9.17) is 14.2 Å². The van der Waals surface area contributed by atoms with E-state index in [9.17, 15) is 9.90 Å². The van der Waals surface area contributed by atoms with Gasteiger partial charge in [-0.25, -0.2) is 4.79 Å². The van der Waals surface area contributed by atoms with E-state index in [-0.39, 0.29) is 5.75 Å². The molecule has 32 heavy (non-hydrogen) atoms. The molecule has 2 aromatic rings. The van der Waals surface area contributed by atoms with E-state index in [1.54, 1.807) is 19.1 Å². The lowest BCUT2D eigenvalue weighted by atomic mass is 9.98. The highest BCUT2D eigenvalue weighted by Gasteiger charge is 2.26. The first kappa shape index (κ1) is 25.9. The first-order valence-electron chi connectivity index (χ1n) is 10.9. The zero-order chi connectivity index (χ0) is 23.9. The van der Waals surface area contributed by atoms with E-state index in [1.165, 1.54) is 0 Å². The standard InChI is InChI=1S/C25H37NO5Si/c1-18-15-22(21(24(27)19(18)2)16-23(29-3)30-4)26(17-20-11-9-8-10-12-20)25(28)31-13-14-32(5,6)7/h8-12,15,23,27H,13-14,16-17H2,1-7H3. The maximum Gasteiger partial charge on any atom is 0.414 e. The van der Waals surface area contributed by atoms with E-state index in [1.807, 2.05) is 50.2 Å². The molecule has 0 fully saturated rings. The maximum absolute atomic E-state index is 13.3. The van der Waals surface area contributed by atoms with Crippen molar-refractivity contribution >= 4 is 19.9 Å². The van der Waals surface area contributed by atoms with Gasteiger partial charge in [0.25, 0.3) is 0 Å². The van der Waals surface area contributed by atoms with Gasteiger partial charge in [-0.1, -0.05) is 50.0 Å². The summed E-state index contributed by atoms with van der Waals surface area (Å²) in [6.07, 6.45) is -0.686. The quantitative estimate of drug-likeness (QED) is 0.367. The molecular formula is C25H37NO5Si. The number of rotatable bonds is 10. The Morgan fingerprint density at radius 3 is 2.28 bits per heavy atom. The lowest BCUT2D eigenvalue weighted by molar-refractivity contribution is -0.100. The van der Waals surface area contributed by atoms with Crippen LogP contribution in [0.3, 0.4) is 0 Å². The molecule has 0 saturated carbocycles. The summed E-state index contributed by atoms with van der Waals surface area (Å²) >= 11 is 0. The molecule has 0 unspecified atom stereocenters. The molecule has 2 rings (SSSR count). The highest BCUT2D eigenvalue weighted by atomic mass is 28.3. The number of methoxy groups -OCH3 is 2. The Morgan fingerprint density at radius 2 is 1.72 bits per heavy atom. The van der Waals surface area contributed by atoms with Gasteiger partial charge in [0.05, 0.1) is 18.8 Å². The van der Waals surface area contributed by atoms with Crippen LogP contribution in [0.15, 0.2) is 36.4 Å². The van der Waals surface area contributed by atoms with Crippen molar-refractivity contribution in [1.29, 1.82) is 0 Å². The third-order valence-electron chi connectivity index (χ3n) is 5.56. The van der Waals surface area contributed by atoms with Crippen LogP contribution in [0.25, 0.3) is 0 Å². The van der Waals surface area contributed by atoms with Gasteiger partial charge >= 0.3 is 6.09 Å². The summed E-state index contributed by atoms with van der Waals surface area (Å²) in [5.74, 6) is 0.145. The molecule has 0 saturated heterocycles. The summed E-state index contributed by atoms with van der Waals surface area (Å²) in [5, 5.41) is 11.0. The summed E-state index contributed by atoms with van der Waals surface area (Å²) in [4.78, 5) is 14.9. The van der Waals surface area contributed by atoms with Gasteiger partial charge in [0.15, 0.2) is 6.29 Å². The first-order valence-corrected chi connectivity index (χ1v) is 14.6. The van der Waals surface area contributed by atoms with Gasteiger partial charge in [0.1, 0.15) is 5.75 Å². The summed E-state index contributed by atoms with van der Waals surface area (Å²) in [6, 6.07) is 12.6. The van der Waals surface area contributed by atoms with Crippen molar-refractivity contribution in [3.63, 3.8) is 0 Å². The number of benzene rings is 2. The third kappa shape index (κ3) is 7.08. The average Bonchev–Trinajstić information content (AvgIpc) is 2.75. The highest BCUT2D eigenvalue weighted by molar-refractivity contribution is 6.76. The monoisotopic (exact) mass is 459 g/mol. The molecule has 176 valence electrons. The fourth-order valence-electron chi connectivity index (χ4n) is 3.34. The second-order valence-corrected chi connectivity index (χ2v) is 14.9. The van der Waals surface area contributed by atoms with Crippen LogP contribution in [-0.2, 0) is 27.2 Å². The van der Waals surface area contributed by atoms with E-state index in [2.05, 4.69) is 19.6 Å². The molecule has 0 aliphatic heterocycles. The lowest BCUT2D eigenvalue weighted by Gasteiger charge is -2.28. The van der Waals surface area contributed by atoms with Crippen molar-refractivity contribution in [3.8, 4) is 5.75 Å². The molecule has 0 bridgehead atoms. The molecule has 0 spiro atoms. The van der Waals surface area contributed by atoms with Crippen LogP contribution in [0, 0.1) is 13.8 Å². The minimum Gasteiger partial charge on any atom is -0.507 e. The average molecular weight is 460 g/mol. The third-order valence-corrected chi connectivity index (χ3v) is 7.27. The second kappa shape index (κ2) is 11.5. The molecule has 0 atom stereocenters. The fraction of sp³-hybridized carbons (Fsp3) is 0.480. The van der Waals surface area contributed by atoms with Crippen LogP contribution in [0.2, 0.25) is 25.7 Å². The second-order valence-electron chi connectivity index (χ2n) is 9.27. The van der Waals surface area contributed by atoms with Crippen LogP contribution in [0.4, 0.5) is 10.5 Å². The summed E-state index contributed by atoms with van der Waals surface area (Å²) in [7, 11) is 1.76. The smallest absolute Gasteiger partial charge is 0.414 e. The number of hydrogen-bond acceptors (Lipinski definition) is 5. The molecular weight excluding hydrogens is 422 g/mol. The zero-order valence-corrected chi connectivity index (χ0v) is 21.4. The lowest BCUT2D eigenvalue weighted by Crippen LogP contribution is -2.34. The Labute approximate surface area is 193 Å². The van der Waals surface area contributed by atoms with Gasteiger partial charge < -0.3 is 19.3 Å². The van der Waals surface area contributed by atoms with Crippen LogP contribution in [0.5, 0.6) is 5.75 Å². The van der Waals surface area contributed by atoms with E-state index in [0.29, 0.717) is 30.8 Å². The minimum atomic E-state index is -1.35. The molecule has 0 radical (unpaired) electrons. The number of carbonyl (C=O) groups is 1. The number of aryl methyl sites for hydroxylation is 1. The number of amides is 1. The molecule has 0 heterocycles. The van der Waals surface area contributed by atoms with Gasteiger partial charge in [-0.15, -0.1) is 0 Å². The fourth-order valence-corrected chi connectivity index (χ4v) is 4.06. The van der Waals surface area contributed by atoms with Crippen LogP contribution in [-0.4, -0.2) is 46.4 Å². The highest BCUT2D eigenvalue weighted by Crippen LogP contribution is 2.36. The number of carbonyl (C=O) groups excluding carboxylic acids is 1. The predicted octanol–water partition coefficient (Wildman–Crippen LogP) is 5.65. The molecule has 2 aromatic carbocycles.